The Bertz CT molecular complexity index is 1400. The molecule has 1 heterocycles. The number of halogens is 8. The number of H-pyrrole nitrogens is 1. The molecule has 4 rings (SSSR count). The SMILES string of the molecule is O=C(N[C@H](c1nc2c(F)c([C@H](CC(F)F)C(=O)NCC(F)(F)F)ccc2[nH]1)C1CCC(F)(F)CC1)OCc1ccccc1. The quantitative estimate of drug-likeness (QED) is 0.215. The first-order valence-electron chi connectivity index (χ1n) is 13.4. The van der Waals surface area contributed by atoms with Gasteiger partial charge in [0.05, 0.1) is 17.5 Å². The predicted molar refractivity (Wildman–Crippen MR) is 138 cm³/mol. The Balaban J connectivity index is 1.62. The maximum absolute atomic E-state index is 15.7. The molecule has 0 aliphatic heterocycles. The summed E-state index contributed by atoms with van der Waals surface area (Å²) in [4.78, 5) is 32.1. The molecule has 3 aromatic rings. The highest BCUT2D eigenvalue weighted by Gasteiger charge is 2.40. The molecule has 2 atom stereocenters. The van der Waals surface area contributed by atoms with Gasteiger partial charge in [0.15, 0.2) is 5.82 Å². The number of hydrogen-bond donors (Lipinski definition) is 3. The molecule has 7 nitrogen and oxygen atoms in total. The lowest BCUT2D eigenvalue weighted by atomic mass is 9.82. The normalized spacial score (nSPS) is 17.0. The lowest BCUT2D eigenvalue weighted by molar-refractivity contribution is -0.139. The number of amides is 2. The average Bonchev–Trinajstić information content (AvgIpc) is 3.38. The van der Waals surface area contributed by atoms with Crippen LogP contribution in [0, 0.1) is 11.7 Å². The molecule has 0 saturated heterocycles. The highest BCUT2D eigenvalue weighted by atomic mass is 19.4. The van der Waals surface area contributed by atoms with E-state index >= 15 is 4.39 Å². The van der Waals surface area contributed by atoms with Gasteiger partial charge in [-0.2, -0.15) is 13.2 Å². The first-order chi connectivity index (χ1) is 20.2. The molecule has 0 bridgehead atoms. The van der Waals surface area contributed by atoms with E-state index in [0.29, 0.717) is 5.56 Å². The number of hydrogen-bond acceptors (Lipinski definition) is 4. The van der Waals surface area contributed by atoms with Crippen molar-refractivity contribution >= 4 is 23.0 Å². The van der Waals surface area contributed by atoms with Gasteiger partial charge in [-0.25, -0.2) is 31.7 Å². The monoisotopic (exact) mass is 620 g/mol. The first-order valence-corrected chi connectivity index (χ1v) is 13.4. The van der Waals surface area contributed by atoms with Crippen molar-refractivity contribution in [3.8, 4) is 0 Å². The standard InChI is InChI=1S/C28H28F8N4O3/c29-20(30)12-18(25(41)37-14-28(34,35)36)17-6-7-19-23(21(17)31)39-24(38-19)22(16-8-10-27(32,33)11-9-16)40-26(42)43-13-15-4-2-1-3-5-15/h1-7,16,18,20,22H,8-14H2,(H,37,41)(H,38,39)(H,40,42)/t18-,22-/m0/s1. The number of fused-ring (bicyclic) bond motifs is 1. The Morgan fingerprint density at radius 1 is 1.07 bits per heavy atom. The Morgan fingerprint density at radius 3 is 2.37 bits per heavy atom. The number of carbonyl (C=O) groups is 2. The summed E-state index contributed by atoms with van der Waals surface area (Å²) in [6.07, 6.45) is -11.1. The van der Waals surface area contributed by atoms with Crippen LogP contribution in [-0.2, 0) is 16.1 Å². The molecule has 1 saturated carbocycles. The molecule has 1 fully saturated rings. The third kappa shape index (κ3) is 8.57. The fourth-order valence-electron chi connectivity index (χ4n) is 5.05. The van der Waals surface area contributed by atoms with Crippen molar-refractivity contribution in [3.05, 3.63) is 65.2 Å². The van der Waals surface area contributed by atoms with Crippen molar-refractivity contribution in [3.63, 3.8) is 0 Å². The van der Waals surface area contributed by atoms with Crippen molar-refractivity contribution in [2.75, 3.05) is 6.54 Å². The Morgan fingerprint density at radius 2 is 1.74 bits per heavy atom. The first kappa shape index (κ1) is 32.0. The van der Waals surface area contributed by atoms with Crippen molar-refractivity contribution in [2.24, 2.45) is 5.92 Å². The smallest absolute Gasteiger partial charge is 0.408 e. The third-order valence-corrected chi connectivity index (χ3v) is 7.22. The van der Waals surface area contributed by atoms with Gasteiger partial charge in [-0.1, -0.05) is 36.4 Å². The molecule has 1 aliphatic carbocycles. The average molecular weight is 621 g/mol. The van der Waals surface area contributed by atoms with E-state index in [9.17, 15) is 40.3 Å². The predicted octanol–water partition coefficient (Wildman–Crippen LogP) is 6.91. The van der Waals surface area contributed by atoms with Crippen LogP contribution < -0.4 is 10.6 Å². The van der Waals surface area contributed by atoms with Crippen molar-refractivity contribution in [1.82, 2.24) is 20.6 Å². The summed E-state index contributed by atoms with van der Waals surface area (Å²) in [6.45, 7) is -1.89. The van der Waals surface area contributed by atoms with Gasteiger partial charge in [0, 0.05) is 24.8 Å². The molecule has 15 heteroatoms. The van der Waals surface area contributed by atoms with Crippen molar-refractivity contribution < 1.29 is 49.4 Å². The Kier molecular flexibility index (Phi) is 9.80. The molecule has 0 radical (unpaired) electrons. The van der Waals surface area contributed by atoms with Crippen LogP contribution in [0.3, 0.4) is 0 Å². The Labute approximate surface area is 240 Å². The number of nitrogens with one attached hydrogen (secondary N) is 3. The van der Waals surface area contributed by atoms with E-state index in [1.54, 1.807) is 30.3 Å². The molecule has 2 amide bonds. The van der Waals surface area contributed by atoms with E-state index < -0.39 is 91.1 Å². The molecule has 2 aromatic carbocycles. The summed E-state index contributed by atoms with van der Waals surface area (Å²) in [6, 6.07) is 9.85. The van der Waals surface area contributed by atoms with E-state index in [1.807, 2.05) is 0 Å². The number of alkyl halides is 7. The van der Waals surface area contributed by atoms with Gasteiger partial charge in [0.2, 0.25) is 18.3 Å². The lowest BCUT2D eigenvalue weighted by Crippen LogP contribution is -2.38. The molecule has 0 spiro atoms. The number of rotatable bonds is 10. The van der Waals surface area contributed by atoms with Crippen molar-refractivity contribution in [1.29, 1.82) is 0 Å². The molecule has 1 aliphatic rings. The van der Waals surface area contributed by atoms with E-state index in [4.69, 9.17) is 4.74 Å². The summed E-state index contributed by atoms with van der Waals surface area (Å²) < 4.78 is 113. The zero-order valence-corrected chi connectivity index (χ0v) is 22.5. The van der Waals surface area contributed by atoms with Crippen LogP contribution in [-0.4, -0.2) is 47.0 Å². The minimum absolute atomic E-state index is 0.0166. The van der Waals surface area contributed by atoms with Crippen LogP contribution in [0.2, 0.25) is 0 Å². The summed E-state index contributed by atoms with van der Waals surface area (Å²) in [5.41, 5.74) is -0.327. The highest BCUT2D eigenvalue weighted by molar-refractivity contribution is 5.86. The molecule has 1 aromatic heterocycles. The van der Waals surface area contributed by atoms with Crippen LogP contribution in [0.4, 0.5) is 39.9 Å². The second kappa shape index (κ2) is 13.2. The second-order valence-corrected chi connectivity index (χ2v) is 10.4. The van der Waals surface area contributed by atoms with E-state index in [0.717, 1.165) is 6.07 Å². The van der Waals surface area contributed by atoms with Crippen LogP contribution in [0.25, 0.3) is 11.0 Å². The fourth-order valence-corrected chi connectivity index (χ4v) is 5.05. The topological polar surface area (TPSA) is 96.1 Å². The summed E-state index contributed by atoms with van der Waals surface area (Å²) >= 11 is 0. The summed E-state index contributed by atoms with van der Waals surface area (Å²) in [7, 11) is 0. The van der Waals surface area contributed by atoms with E-state index in [2.05, 4.69) is 15.3 Å². The number of aromatic amines is 1. The number of benzene rings is 2. The van der Waals surface area contributed by atoms with Gasteiger partial charge in [-0.15, -0.1) is 0 Å². The number of carbonyl (C=O) groups excluding carboxylic acids is 2. The number of nitrogens with zero attached hydrogens (tertiary/aromatic N) is 1. The minimum Gasteiger partial charge on any atom is -0.445 e. The van der Waals surface area contributed by atoms with Crippen LogP contribution in [0.15, 0.2) is 42.5 Å². The van der Waals surface area contributed by atoms with Gasteiger partial charge in [-0.05, 0) is 30.4 Å². The van der Waals surface area contributed by atoms with Crippen LogP contribution in [0.1, 0.15) is 61.0 Å². The van der Waals surface area contributed by atoms with Gasteiger partial charge in [0.1, 0.15) is 24.5 Å². The lowest BCUT2D eigenvalue weighted by Gasteiger charge is -2.33. The van der Waals surface area contributed by atoms with E-state index in [-0.39, 0.29) is 30.8 Å². The van der Waals surface area contributed by atoms with E-state index in [1.165, 1.54) is 11.4 Å². The maximum Gasteiger partial charge on any atom is 0.408 e. The Hall–Kier alpha value is -3.91. The largest absolute Gasteiger partial charge is 0.445 e. The maximum atomic E-state index is 15.7. The third-order valence-electron chi connectivity index (χ3n) is 7.22. The molecule has 234 valence electrons. The van der Waals surface area contributed by atoms with Gasteiger partial charge in [-0.3, -0.25) is 4.79 Å². The number of ether oxygens (including phenoxy) is 1. The number of aromatic nitrogens is 2. The second-order valence-electron chi connectivity index (χ2n) is 10.4. The molecule has 3 N–H and O–H groups in total. The van der Waals surface area contributed by atoms with Gasteiger partial charge >= 0.3 is 12.3 Å². The number of imidazole rings is 1. The van der Waals surface area contributed by atoms with Crippen LogP contribution in [0.5, 0.6) is 0 Å². The minimum atomic E-state index is -4.82. The molecule has 0 unspecified atom stereocenters. The summed E-state index contributed by atoms with van der Waals surface area (Å²) in [5.74, 6) is -8.13. The highest BCUT2D eigenvalue weighted by Crippen LogP contribution is 2.41. The molecular weight excluding hydrogens is 592 g/mol. The zero-order valence-electron chi connectivity index (χ0n) is 22.5. The molecular formula is C28H28F8N4O3. The molecule has 43 heavy (non-hydrogen) atoms. The van der Waals surface area contributed by atoms with Crippen molar-refractivity contribution in [2.45, 2.75) is 69.2 Å². The number of alkyl carbamates (subject to hydrolysis) is 1. The zero-order chi connectivity index (χ0) is 31.4. The van der Waals surface area contributed by atoms with Gasteiger partial charge in [0.25, 0.3) is 0 Å². The van der Waals surface area contributed by atoms with Gasteiger partial charge < -0.3 is 20.4 Å². The van der Waals surface area contributed by atoms with Crippen LogP contribution >= 0.6 is 0 Å². The fraction of sp³-hybridized carbons (Fsp3) is 0.464. The summed E-state index contributed by atoms with van der Waals surface area (Å²) in [5, 5.41) is 4.11.